The number of anilines is 2. The Morgan fingerprint density at radius 1 is 1.03 bits per heavy atom. The Kier molecular flexibility index (Phi) is 6.56. The highest BCUT2D eigenvalue weighted by Crippen LogP contribution is 2.30. The van der Waals surface area contributed by atoms with Crippen LogP contribution in [0.1, 0.15) is 11.7 Å². The molecule has 1 unspecified atom stereocenters. The van der Waals surface area contributed by atoms with Gasteiger partial charge in [-0.15, -0.1) is 0 Å². The molecular formula is C20H18ClN3O5S. The summed E-state index contributed by atoms with van der Waals surface area (Å²) in [4.78, 5) is 10.6. The number of para-hydroxylation sites is 1. The molecule has 1 atom stereocenters. The van der Waals surface area contributed by atoms with Crippen molar-refractivity contribution >= 4 is 38.7 Å². The van der Waals surface area contributed by atoms with Gasteiger partial charge in [0.15, 0.2) is 0 Å². The van der Waals surface area contributed by atoms with E-state index in [-0.39, 0.29) is 17.1 Å². The van der Waals surface area contributed by atoms with Gasteiger partial charge in [-0.1, -0.05) is 48.0 Å². The van der Waals surface area contributed by atoms with Crippen LogP contribution in [0.2, 0.25) is 5.02 Å². The summed E-state index contributed by atoms with van der Waals surface area (Å²) in [6.45, 7) is -0.0566. The number of nitro benzene ring substituents is 1. The largest absolute Gasteiger partial charge is 0.387 e. The number of rotatable bonds is 8. The molecule has 156 valence electrons. The average Bonchev–Trinajstić information content (AvgIpc) is 2.72. The topological polar surface area (TPSA) is 122 Å². The maximum Gasteiger partial charge on any atom is 0.293 e. The smallest absolute Gasteiger partial charge is 0.293 e. The fraction of sp³-hybridized carbons (Fsp3) is 0.100. The minimum atomic E-state index is -4.02. The lowest BCUT2D eigenvalue weighted by molar-refractivity contribution is -0.384. The first-order valence-corrected chi connectivity index (χ1v) is 10.7. The summed E-state index contributed by atoms with van der Waals surface area (Å²) in [7, 11) is -4.02. The van der Waals surface area contributed by atoms with Gasteiger partial charge in [0.2, 0.25) is 0 Å². The first kappa shape index (κ1) is 21.6. The standard InChI is InChI=1S/C20H18ClN3O5S/c21-17-9-5-4-8-16(17)20(25)13-22-18-11-10-15(12-19(18)24(26)27)30(28,29)23-14-6-2-1-3-7-14/h1-12,20,22-23,25H,13H2. The van der Waals surface area contributed by atoms with Gasteiger partial charge in [0.05, 0.1) is 15.9 Å². The van der Waals surface area contributed by atoms with Crippen LogP contribution < -0.4 is 10.0 Å². The van der Waals surface area contributed by atoms with Crippen molar-refractivity contribution in [3.8, 4) is 0 Å². The number of aliphatic hydroxyl groups excluding tert-OH is 1. The SMILES string of the molecule is O=[N+]([O-])c1cc(S(=O)(=O)Nc2ccccc2)ccc1NCC(O)c1ccccc1Cl. The van der Waals surface area contributed by atoms with E-state index in [0.29, 0.717) is 16.3 Å². The summed E-state index contributed by atoms with van der Waals surface area (Å²) in [5, 5.41) is 25.0. The van der Waals surface area contributed by atoms with Crippen LogP contribution in [0.5, 0.6) is 0 Å². The molecule has 0 bridgehead atoms. The summed E-state index contributed by atoms with van der Waals surface area (Å²) in [6, 6.07) is 18.4. The molecule has 0 saturated carbocycles. The summed E-state index contributed by atoms with van der Waals surface area (Å²) >= 11 is 6.05. The Morgan fingerprint density at radius 2 is 1.70 bits per heavy atom. The molecule has 3 aromatic rings. The molecule has 30 heavy (non-hydrogen) atoms. The van der Waals surface area contributed by atoms with E-state index in [2.05, 4.69) is 10.0 Å². The monoisotopic (exact) mass is 447 g/mol. The van der Waals surface area contributed by atoms with Gasteiger partial charge in [-0.05, 0) is 30.3 Å². The molecule has 0 aliphatic carbocycles. The molecule has 0 aliphatic heterocycles. The van der Waals surface area contributed by atoms with Gasteiger partial charge in [-0.3, -0.25) is 14.8 Å². The van der Waals surface area contributed by atoms with E-state index in [1.807, 2.05) is 0 Å². The second-order valence-corrected chi connectivity index (χ2v) is 8.42. The summed E-state index contributed by atoms with van der Waals surface area (Å²) in [5.41, 5.74) is 0.452. The third-order valence-corrected chi connectivity index (χ3v) is 5.98. The van der Waals surface area contributed by atoms with Gasteiger partial charge in [0, 0.05) is 28.9 Å². The summed E-state index contributed by atoms with van der Waals surface area (Å²) in [6.07, 6.45) is -1.01. The zero-order valence-electron chi connectivity index (χ0n) is 15.5. The Hall–Kier alpha value is -3.14. The van der Waals surface area contributed by atoms with Gasteiger partial charge in [-0.25, -0.2) is 8.42 Å². The fourth-order valence-corrected chi connectivity index (χ4v) is 4.10. The fourth-order valence-electron chi connectivity index (χ4n) is 2.76. The molecule has 0 spiro atoms. The zero-order valence-corrected chi connectivity index (χ0v) is 17.1. The quantitative estimate of drug-likeness (QED) is 0.351. The van der Waals surface area contributed by atoms with Crippen molar-refractivity contribution in [3.63, 3.8) is 0 Å². The maximum atomic E-state index is 12.6. The molecular weight excluding hydrogens is 430 g/mol. The van der Waals surface area contributed by atoms with Crippen LogP contribution in [-0.2, 0) is 10.0 Å². The second kappa shape index (κ2) is 9.12. The van der Waals surface area contributed by atoms with Crippen molar-refractivity contribution in [1.82, 2.24) is 0 Å². The van der Waals surface area contributed by atoms with Crippen LogP contribution in [0.25, 0.3) is 0 Å². The molecule has 0 heterocycles. The van der Waals surface area contributed by atoms with Crippen LogP contribution in [0, 0.1) is 10.1 Å². The number of hydrogen-bond acceptors (Lipinski definition) is 6. The van der Waals surface area contributed by atoms with Crippen LogP contribution in [-0.4, -0.2) is 25.0 Å². The lowest BCUT2D eigenvalue weighted by atomic mass is 10.1. The Morgan fingerprint density at radius 3 is 2.37 bits per heavy atom. The lowest BCUT2D eigenvalue weighted by Gasteiger charge is -2.15. The molecule has 10 heteroatoms. The van der Waals surface area contributed by atoms with E-state index in [1.165, 1.54) is 12.1 Å². The Bertz CT molecular complexity index is 1160. The predicted molar refractivity (Wildman–Crippen MR) is 115 cm³/mol. The number of sulfonamides is 1. The number of hydrogen-bond donors (Lipinski definition) is 3. The number of nitro groups is 1. The molecule has 0 fully saturated rings. The van der Waals surface area contributed by atoms with Crippen molar-refractivity contribution in [2.75, 3.05) is 16.6 Å². The average molecular weight is 448 g/mol. The number of nitrogens with one attached hydrogen (secondary N) is 2. The third-order valence-electron chi connectivity index (χ3n) is 4.25. The number of halogens is 1. The zero-order chi connectivity index (χ0) is 21.7. The van der Waals surface area contributed by atoms with Crippen molar-refractivity contribution in [2.45, 2.75) is 11.0 Å². The Labute approximate surface area is 178 Å². The number of benzene rings is 3. The highest BCUT2D eigenvalue weighted by atomic mass is 35.5. The van der Waals surface area contributed by atoms with Gasteiger partial charge in [0.1, 0.15) is 5.69 Å². The predicted octanol–water partition coefficient (Wildman–Crippen LogP) is 4.19. The first-order chi connectivity index (χ1) is 14.3. The summed E-state index contributed by atoms with van der Waals surface area (Å²) < 4.78 is 27.5. The van der Waals surface area contributed by atoms with Gasteiger partial charge < -0.3 is 10.4 Å². The normalized spacial score (nSPS) is 12.2. The van der Waals surface area contributed by atoms with E-state index in [4.69, 9.17) is 11.6 Å². The van der Waals surface area contributed by atoms with Gasteiger partial charge in [0.25, 0.3) is 15.7 Å². The first-order valence-electron chi connectivity index (χ1n) is 8.80. The molecule has 3 aromatic carbocycles. The highest BCUT2D eigenvalue weighted by molar-refractivity contribution is 7.92. The van der Waals surface area contributed by atoms with Crippen LogP contribution in [0.15, 0.2) is 77.7 Å². The molecule has 3 rings (SSSR count). The van der Waals surface area contributed by atoms with Crippen molar-refractivity contribution < 1.29 is 18.4 Å². The second-order valence-electron chi connectivity index (χ2n) is 6.33. The molecule has 0 aromatic heterocycles. The molecule has 0 amide bonds. The molecule has 0 radical (unpaired) electrons. The minimum absolute atomic E-state index is 0.0566. The number of nitrogens with zero attached hydrogens (tertiary/aromatic N) is 1. The van der Waals surface area contributed by atoms with E-state index in [0.717, 1.165) is 6.07 Å². The van der Waals surface area contributed by atoms with Gasteiger partial charge in [-0.2, -0.15) is 0 Å². The van der Waals surface area contributed by atoms with Gasteiger partial charge >= 0.3 is 0 Å². The van der Waals surface area contributed by atoms with Crippen LogP contribution >= 0.6 is 11.6 Å². The summed E-state index contributed by atoms with van der Waals surface area (Å²) in [5.74, 6) is 0. The number of aliphatic hydroxyl groups is 1. The van der Waals surface area contributed by atoms with E-state index in [1.54, 1.807) is 54.6 Å². The Balaban J connectivity index is 1.82. The molecule has 0 aliphatic rings. The van der Waals surface area contributed by atoms with Crippen LogP contribution in [0.3, 0.4) is 0 Å². The molecule has 0 saturated heterocycles. The van der Waals surface area contributed by atoms with Crippen molar-refractivity contribution in [1.29, 1.82) is 0 Å². The minimum Gasteiger partial charge on any atom is -0.387 e. The molecule has 3 N–H and O–H groups in total. The maximum absolute atomic E-state index is 12.6. The highest BCUT2D eigenvalue weighted by Gasteiger charge is 2.22. The lowest BCUT2D eigenvalue weighted by Crippen LogP contribution is -2.15. The third kappa shape index (κ3) is 5.07. The molecule has 8 nitrogen and oxygen atoms in total. The van der Waals surface area contributed by atoms with E-state index < -0.39 is 26.7 Å². The van der Waals surface area contributed by atoms with E-state index in [9.17, 15) is 23.6 Å². The van der Waals surface area contributed by atoms with Crippen molar-refractivity contribution in [3.05, 3.63) is 93.5 Å². The van der Waals surface area contributed by atoms with Crippen LogP contribution in [0.4, 0.5) is 17.1 Å². The van der Waals surface area contributed by atoms with Crippen molar-refractivity contribution in [2.24, 2.45) is 0 Å². The van der Waals surface area contributed by atoms with E-state index >= 15 is 0 Å².